The number of H-pyrrole nitrogens is 1. The number of fused-ring (bicyclic) bond motifs is 2. The number of halogens is 1. The van der Waals surface area contributed by atoms with Gasteiger partial charge in [0.15, 0.2) is 0 Å². The van der Waals surface area contributed by atoms with E-state index in [1.807, 2.05) is 23.9 Å². The lowest BCUT2D eigenvalue weighted by molar-refractivity contribution is 0.439. The SMILES string of the molecule is Cc1cccc(F)c1C1=Nc2cn[nH]c2-c2cnn3c2N1CCC3C. The Morgan fingerprint density at radius 1 is 1.28 bits per heavy atom. The van der Waals surface area contributed by atoms with Crippen molar-refractivity contribution in [2.24, 2.45) is 4.99 Å². The van der Waals surface area contributed by atoms with Crippen molar-refractivity contribution in [3.8, 4) is 11.3 Å². The number of aliphatic imine (C=N–C) groups is 1. The van der Waals surface area contributed by atoms with E-state index < -0.39 is 0 Å². The van der Waals surface area contributed by atoms with E-state index in [4.69, 9.17) is 4.99 Å². The summed E-state index contributed by atoms with van der Waals surface area (Å²) in [5.74, 6) is 1.30. The van der Waals surface area contributed by atoms with Crippen LogP contribution in [0.5, 0.6) is 0 Å². The number of rotatable bonds is 1. The molecule has 0 spiro atoms. The second-order valence-electron chi connectivity index (χ2n) is 6.61. The molecule has 4 heterocycles. The minimum absolute atomic E-state index is 0.267. The smallest absolute Gasteiger partial charge is 0.145 e. The van der Waals surface area contributed by atoms with E-state index in [0.29, 0.717) is 17.1 Å². The maximum atomic E-state index is 14.7. The Morgan fingerprint density at radius 2 is 2.16 bits per heavy atom. The zero-order chi connectivity index (χ0) is 17.1. The van der Waals surface area contributed by atoms with Crippen LogP contribution < -0.4 is 4.90 Å². The number of amidine groups is 1. The Hall–Kier alpha value is -2.96. The maximum absolute atomic E-state index is 14.7. The number of hydrogen-bond donors (Lipinski definition) is 1. The Labute approximate surface area is 144 Å². The second kappa shape index (κ2) is 5.02. The van der Waals surface area contributed by atoms with Gasteiger partial charge in [0.1, 0.15) is 23.2 Å². The average Bonchev–Trinajstić information content (AvgIpc) is 3.19. The summed E-state index contributed by atoms with van der Waals surface area (Å²) in [4.78, 5) is 6.88. The molecule has 1 N–H and O–H groups in total. The Bertz CT molecular complexity index is 994. The van der Waals surface area contributed by atoms with Crippen LogP contribution in [0.1, 0.15) is 30.5 Å². The Morgan fingerprint density at radius 3 is 3.00 bits per heavy atom. The predicted octanol–water partition coefficient (Wildman–Crippen LogP) is 3.58. The largest absolute Gasteiger partial charge is 0.310 e. The first kappa shape index (κ1) is 14.4. The van der Waals surface area contributed by atoms with E-state index in [2.05, 4.69) is 27.1 Å². The van der Waals surface area contributed by atoms with E-state index in [-0.39, 0.29) is 11.9 Å². The van der Waals surface area contributed by atoms with Gasteiger partial charge in [-0.1, -0.05) is 12.1 Å². The number of nitrogens with one attached hydrogen (secondary N) is 1. The van der Waals surface area contributed by atoms with Crippen LogP contribution in [0.4, 0.5) is 15.9 Å². The van der Waals surface area contributed by atoms with Crippen molar-refractivity contribution in [2.45, 2.75) is 26.3 Å². The van der Waals surface area contributed by atoms with Crippen LogP contribution in [0.15, 0.2) is 35.6 Å². The third-order valence-corrected chi connectivity index (χ3v) is 5.03. The van der Waals surface area contributed by atoms with Crippen LogP contribution in [0, 0.1) is 12.7 Å². The lowest BCUT2D eigenvalue weighted by atomic mass is 10.0. The summed E-state index contributed by atoms with van der Waals surface area (Å²) in [5, 5.41) is 11.7. The molecule has 6 nitrogen and oxygen atoms in total. The molecule has 7 heteroatoms. The van der Waals surface area contributed by atoms with Gasteiger partial charge in [-0.3, -0.25) is 5.10 Å². The Kier molecular flexibility index (Phi) is 2.89. The highest BCUT2D eigenvalue weighted by atomic mass is 19.1. The summed E-state index contributed by atoms with van der Waals surface area (Å²) in [6, 6.07) is 5.40. The quantitative estimate of drug-likeness (QED) is 0.739. The fourth-order valence-corrected chi connectivity index (χ4v) is 3.72. The molecule has 1 aromatic carbocycles. The molecule has 0 saturated heterocycles. The van der Waals surface area contributed by atoms with Gasteiger partial charge >= 0.3 is 0 Å². The maximum Gasteiger partial charge on any atom is 0.145 e. The van der Waals surface area contributed by atoms with Gasteiger partial charge in [0.05, 0.1) is 35.3 Å². The molecule has 0 saturated carbocycles. The zero-order valence-corrected chi connectivity index (χ0v) is 14.0. The van der Waals surface area contributed by atoms with E-state index in [1.54, 1.807) is 12.3 Å². The van der Waals surface area contributed by atoms with Crippen molar-refractivity contribution in [3.63, 3.8) is 0 Å². The minimum atomic E-state index is -0.267. The highest BCUT2D eigenvalue weighted by Crippen LogP contribution is 2.43. The van der Waals surface area contributed by atoms with Gasteiger partial charge in [0.25, 0.3) is 0 Å². The van der Waals surface area contributed by atoms with Crippen molar-refractivity contribution >= 4 is 17.3 Å². The number of aromatic nitrogens is 4. The third kappa shape index (κ3) is 1.92. The van der Waals surface area contributed by atoms with E-state index in [1.165, 1.54) is 6.07 Å². The van der Waals surface area contributed by atoms with Crippen LogP contribution in [0.3, 0.4) is 0 Å². The van der Waals surface area contributed by atoms with Crippen LogP contribution in [0.2, 0.25) is 0 Å². The molecule has 0 aliphatic carbocycles. The lowest BCUT2D eigenvalue weighted by Crippen LogP contribution is -2.40. The lowest BCUT2D eigenvalue weighted by Gasteiger charge is -2.34. The molecule has 0 radical (unpaired) electrons. The molecule has 5 rings (SSSR count). The molecular formula is C18H17FN6. The van der Waals surface area contributed by atoms with Crippen molar-refractivity contribution in [3.05, 3.63) is 47.5 Å². The first-order valence-corrected chi connectivity index (χ1v) is 8.38. The molecule has 25 heavy (non-hydrogen) atoms. The number of aryl methyl sites for hydroxylation is 1. The molecule has 0 bridgehead atoms. The van der Waals surface area contributed by atoms with E-state index in [0.717, 1.165) is 35.6 Å². The highest BCUT2D eigenvalue weighted by Gasteiger charge is 2.35. The second-order valence-corrected chi connectivity index (χ2v) is 6.61. The monoisotopic (exact) mass is 336 g/mol. The first-order chi connectivity index (χ1) is 12.1. The van der Waals surface area contributed by atoms with E-state index in [9.17, 15) is 4.39 Å². The third-order valence-electron chi connectivity index (χ3n) is 5.03. The average molecular weight is 336 g/mol. The Balaban J connectivity index is 1.84. The molecule has 3 aromatic rings. The number of anilines is 1. The van der Waals surface area contributed by atoms with Gasteiger partial charge in [0.2, 0.25) is 0 Å². The van der Waals surface area contributed by atoms with Crippen LogP contribution in [0.25, 0.3) is 11.3 Å². The number of hydrogen-bond acceptors (Lipinski definition) is 4. The number of nitrogens with zero attached hydrogens (tertiary/aromatic N) is 5. The molecule has 1 atom stereocenters. The van der Waals surface area contributed by atoms with Gasteiger partial charge in [-0.25, -0.2) is 14.1 Å². The zero-order valence-electron chi connectivity index (χ0n) is 14.0. The van der Waals surface area contributed by atoms with Crippen LogP contribution >= 0.6 is 0 Å². The highest BCUT2D eigenvalue weighted by molar-refractivity contribution is 6.15. The molecule has 1 unspecified atom stereocenters. The summed E-state index contributed by atoms with van der Waals surface area (Å²) >= 11 is 0. The van der Waals surface area contributed by atoms with Crippen molar-refractivity contribution in [1.82, 2.24) is 20.0 Å². The summed E-state index contributed by atoms with van der Waals surface area (Å²) in [5.41, 5.74) is 3.87. The fourth-order valence-electron chi connectivity index (χ4n) is 3.72. The van der Waals surface area contributed by atoms with Crippen molar-refractivity contribution in [2.75, 3.05) is 11.4 Å². The van der Waals surface area contributed by atoms with Gasteiger partial charge in [-0.2, -0.15) is 10.2 Å². The molecule has 0 fully saturated rings. The van der Waals surface area contributed by atoms with Crippen LogP contribution in [-0.4, -0.2) is 32.4 Å². The van der Waals surface area contributed by atoms with Crippen molar-refractivity contribution < 1.29 is 4.39 Å². The standard InChI is InChI=1S/C18H17FN6/c1-10-4-3-5-13(19)15(10)17-22-14-9-20-23-16(14)12-8-21-25-11(2)6-7-24(17)18(12)25/h3-5,8-9,11H,6-7H2,1-2H3,(H,20,23). The summed E-state index contributed by atoms with van der Waals surface area (Å²) in [6.45, 7) is 4.83. The van der Waals surface area contributed by atoms with Gasteiger partial charge < -0.3 is 4.90 Å². The topological polar surface area (TPSA) is 62.1 Å². The first-order valence-electron chi connectivity index (χ1n) is 8.38. The summed E-state index contributed by atoms with van der Waals surface area (Å²) in [6.07, 6.45) is 4.44. The fraction of sp³-hybridized carbons (Fsp3) is 0.278. The van der Waals surface area contributed by atoms with Gasteiger partial charge in [0, 0.05) is 6.54 Å². The molecular weight excluding hydrogens is 319 g/mol. The summed E-state index contributed by atoms with van der Waals surface area (Å²) < 4.78 is 16.7. The number of benzene rings is 1. The summed E-state index contributed by atoms with van der Waals surface area (Å²) in [7, 11) is 0. The molecule has 2 aliphatic heterocycles. The molecule has 2 aromatic heterocycles. The van der Waals surface area contributed by atoms with Crippen LogP contribution in [-0.2, 0) is 0 Å². The molecule has 126 valence electrons. The van der Waals surface area contributed by atoms with Crippen molar-refractivity contribution in [1.29, 1.82) is 0 Å². The molecule has 2 aliphatic rings. The van der Waals surface area contributed by atoms with Gasteiger partial charge in [-0.15, -0.1) is 0 Å². The van der Waals surface area contributed by atoms with Gasteiger partial charge in [-0.05, 0) is 31.9 Å². The normalized spacial score (nSPS) is 18.4. The predicted molar refractivity (Wildman–Crippen MR) is 93.8 cm³/mol. The number of aromatic amines is 1. The minimum Gasteiger partial charge on any atom is -0.310 e. The molecule has 0 amide bonds. The van der Waals surface area contributed by atoms with E-state index >= 15 is 0 Å².